The molecule has 1 aliphatic rings. The number of rotatable bonds is 4. The fraction of sp³-hybridized carbons (Fsp3) is 0.667. The van der Waals surface area contributed by atoms with Crippen LogP contribution in [0.3, 0.4) is 0 Å². The topological polar surface area (TPSA) is 35.5 Å². The Morgan fingerprint density at radius 3 is 1.83 bits per heavy atom. The Kier molecular flexibility index (Phi) is 5.44. The van der Waals surface area contributed by atoms with Crippen LogP contribution < -0.4 is 5.32 Å². The third-order valence-electron chi connectivity index (χ3n) is 5.46. The zero-order valence-corrected chi connectivity index (χ0v) is 14.8. The van der Waals surface area contributed by atoms with Crippen molar-refractivity contribution in [3.05, 3.63) is 33.4 Å². The summed E-state index contributed by atoms with van der Waals surface area (Å²) in [7, 11) is 0. The van der Waals surface area contributed by atoms with E-state index in [-0.39, 0.29) is 0 Å². The standard InChI is InChI=1S/C18H28F2N2O/c1-11-12(2)14(4)16(15(5)13(11)3)17(18(19,20)10-23)22-8-6-21-7-9-22/h17,21,23H,6-10H2,1-5H3/t17-/m1/s1. The third-order valence-corrected chi connectivity index (χ3v) is 5.46. The molecule has 1 aliphatic heterocycles. The van der Waals surface area contributed by atoms with E-state index < -0.39 is 18.6 Å². The van der Waals surface area contributed by atoms with Crippen molar-refractivity contribution >= 4 is 0 Å². The van der Waals surface area contributed by atoms with Gasteiger partial charge in [0.2, 0.25) is 0 Å². The molecule has 130 valence electrons. The van der Waals surface area contributed by atoms with E-state index >= 15 is 0 Å². The Labute approximate surface area is 137 Å². The number of nitrogens with one attached hydrogen (secondary N) is 1. The van der Waals surface area contributed by atoms with E-state index in [1.807, 2.05) is 39.5 Å². The lowest BCUT2D eigenvalue weighted by molar-refractivity contribution is -0.119. The minimum atomic E-state index is -3.17. The average molecular weight is 326 g/mol. The van der Waals surface area contributed by atoms with Crippen molar-refractivity contribution < 1.29 is 13.9 Å². The summed E-state index contributed by atoms with van der Waals surface area (Å²) in [5.41, 5.74) is 5.82. The van der Waals surface area contributed by atoms with Gasteiger partial charge in [-0.05, 0) is 68.0 Å². The van der Waals surface area contributed by atoms with Gasteiger partial charge in [-0.25, -0.2) is 8.78 Å². The molecule has 0 aliphatic carbocycles. The Morgan fingerprint density at radius 1 is 0.957 bits per heavy atom. The predicted molar refractivity (Wildman–Crippen MR) is 89.3 cm³/mol. The molecule has 0 bridgehead atoms. The molecule has 2 rings (SSSR count). The van der Waals surface area contributed by atoms with Gasteiger partial charge in [0.25, 0.3) is 5.92 Å². The van der Waals surface area contributed by atoms with E-state index in [0.29, 0.717) is 31.7 Å². The van der Waals surface area contributed by atoms with Crippen LogP contribution in [0.25, 0.3) is 0 Å². The molecule has 1 aromatic carbocycles. The van der Waals surface area contributed by atoms with E-state index in [1.165, 1.54) is 0 Å². The van der Waals surface area contributed by atoms with Gasteiger partial charge in [-0.3, -0.25) is 4.90 Å². The Hall–Kier alpha value is -1.04. The van der Waals surface area contributed by atoms with Crippen LogP contribution in [0.2, 0.25) is 0 Å². The highest BCUT2D eigenvalue weighted by molar-refractivity contribution is 5.51. The SMILES string of the molecule is Cc1c(C)c(C)c([C@@H](N2CCNCC2)C(F)(F)CO)c(C)c1C. The van der Waals surface area contributed by atoms with E-state index in [1.54, 1.807) is 0 Å². The average Bonchev–Trinajstić information content (AvgIpc) is 2.55. The zero-order chi connectivity index (χ0) is 17.4. The second kappa shape index (κ2) is 6.83. The summed E-state index contributed by atoms with van der Waals surface area (Å²) in [6.07, 6.45) is 0. The first-order valence-corrected chi connectivity index (χ1v) is 8.22. The van der Waals surface area contributed by atoms with Gasteiger partial charge in [0, 0.05) is 26.2 Å². The second-order valence-corrected chi connectivity index (χ2v) is 6.65. The van der Waals surface area contributed by atoms with Crippen LogP contribution in [0.4, 0.5) is 8.78 Å². The number of piperazine rings is 1. The van der Waals surface area contributed by atoms with Crippen LogP contribution in [-0.4, -0.2) is 48.7 Å². The Morgan fingerprint density at radius 2 is 1.39 bits per heavy atom. The number of benzene rings is 1. The largest absolute Gasteiger partial charge is 0.390 e. The van der Waals surface area contributed by atoms with Crippen molar-refractivity contribution in [1.29, 1.82) is 0 Å². The van der Waals surface area contributed by atoms with Crippen LogP contribution in [-0.2, 0) is 0 Å². The maximum Gasteiger partial charge on any atom is 0.289 e. The lowest BCUT2D eigenvalue weighted by atomic mass is 9.83. The summed E-state index contributed by atoms with van der Waals surface area (Å²) in [5, 5.41) is 12.5. The first-order chi connectivity index (χ1) is 10.7. The number of hydrogen-bond donors (Lipinski definition) is 2. The van der Waals surface area contributed by atoms with E-state index in [0.717, 1.165) is 27.8 Å². The van der Waals surface area contributed by atoms with Crippen LogP contribution in [0.15, 0.2) is 0 Å². The molecule has 1 aromatic rings. The minimum Gasteiger partial charge on any atom is -0.390 e. The first kappa shape index (κ1) is 18.3. The number of alkyl halides is 2. The summed E-state index contributed by atoms with van der Waals surface area (Å²) < 4.78 is 29.4. The Bertz CT molecular complexity index is 552. The maximum atomic E-state index is 14.7. The molecule has 0 saturated carbocycles. The molecule has 0 aromatic heterocycles. The van der Waals surface area contributed by atoms with E-state index in [4.69, 9.17) is 0 Å². The highest BCUT2D eigenvalue weighted by Gasteiger charge is 2.45. The van der Waals surface area contributed by atoms with Crippen molar-refractivity contribution in [1.82, 2.24) is 10.2 Å². The fourth-order valence-corrected chi connectivity index (χ4v) is 3.63. The van der Waals surface area contributed by atoms with Gasteiger partial charge in [0.1, 0.15) is 12.6 Å². The normalized spacial score (nSPS) is 18.3. The van der Waals surface area contributed by atoms with Crippen LogP contribution in [0, 0.1) is 34.6 Å². The smallest absolute Gasteiger partial charge is 0.289 e. The Balaban J connectivity index is 2.65. The summed E-state index contributed by atoms with van der Waals surface area (Å²) >= 11 is 0. The summed E-state index contributed by atoms with van der Waals surface area (Å²) in [5.74, 6) is -3.17. The molecule has 1 saturated heterocycles. The van der Waals surface area contributed by atoms with Gasteiger partial charge >= 0.3 is 0 Å². The third kappa shape index (κ3) is 3.28. The molecular formula is C18H28F2N2O. The zero-order valence-electron chi connectivity index (χ0n) is 14.8. The molecule has 0 spiro atoms. The van der Waals surface area contributed by atoms with Crippen molar-refractivity contribution in [2.45, 2.75) is 46.6 Å². The molecule has 23 heavy (non-hydrogen) atoms. The molecule has 5 heteroatoms. The van der Waals surface area contributed by atoms with Crippen LogP contribution in [0.1, 0.15) is 39.4 Å². The van der Waals surface area contributed by atoms with Crippen LogP contribution >= 0.6 is 0 Å². The van der Waals surface area contributed by atoms with Crippen LogP contribution in [0.5, 0.6) is 0 Å². The van der Waals surface area contributed by atoms with Gasteiger partial charge in [0.05, 0.1) is 0 Å². The summed E-state index contributed by atoms with van der Waals surface area (Å²) in [6.45, 7) is 11.2. The molecule has 0 unspecified atom stereocenters. The summed E-state index contributed by atoms with van der Waals surface area (Å²) in [6, 6.07) is -1.08. The molecule has 1 atom stereocenters. The molecule has 1 fully saturated rings. The quantitative estimate of drug-likeness (QED) is 0.893. The second-order valence-electron chi connectivity index (χ2n) is 6.65. The number of aliphatic hydroxyl groups is 1. The monoisotopic (exact) mass is 326 g/mol. The number of nitrogens with zero attached hydrogens (tertiary/aromatic N) is 1. The predicted octanol–water partition coefficient (Wildman–Crippen LogP) is 2.80. The first-order valence-electron chi connectivity index (χ1n) is 8.22. The van der Waals surface area contributed by atoms with E-state index in [2.05, 4.69) is 5.32 Å². The number of aliphatic hydroxyl groups excluding tert-OH is 1. The molecule has 0 amide bonds. The molecule has 0 radical (unpaired) electrons. The lowest BCUT2D eigenvalue weighted by Gasteiger charge is -2.40. The molecular weight excluding hydrogens is 298 g/mol. The minimum absolute atomic E-state index is 0.561. The highest BCUT2D eigenvalue weighted by atomic mass is 19.3. The fourth-order valence-electron chi connectivity index (χ4n) is 3.63. The molecule has 2 N–H and O–H groups in total. The van der Waals surface area contributed by atoms with Crippen molar-refractivity contribution in [2.75, 3.05) is 32.8 Å². The number of hydrogen-bond acceptors (Lipinski definition) is 3. The van der Waals surface area contributed by atoms with Crippen molar-refractivity contribution in [3.63, 3.8) is 0 Å². The maximum absolute atomic E-state index is 14.7. The lowest BCUT2D eigenvalue weighted by Crippen LogP contribution is -2.51. The van der Waals surface area contributed by atoms with Gasteiger partial charge in [0.15, 0.2) is 0 Å². The van der Waals surface area contributed by atoms with E-state index in [9.17, 15) is 13.9 Å². The van der Waals surface area contributed by atoms with Gasteiger partial charge < -0.3 is 10.4 Å². The molecule has 3 nitrogen and oxygen atoms in total. The summed E-state index contributed by atoms with van der Waals surface area (Å²) in [4.78, 5) is 1.82. The van der Waals surface area contributed by atoms with Gasteiger partial charge in [-0.1, -0.05) is 0 Å². The van der Waals surface area contributed by atoms with Gasteiger partial charge in [-0.15, -0.1) is 0 Å². The van der Waals surface area contributed by atoms with Crippen molar-refractivity contribution in [3.8, 4) is 0 Å². The van der Waals surface area contributed by atoms with Gasteiger partial charge in [-0.2, -0.15) is 0 Å². The van der Waals surface area contributed by atoms with Crippen molar-refractivity contribution in [2.24, 2.45) is 0 Å². The number of halogens is 2. The highest BCUT2D eigenvalue weighted by Crippen LogP contribution is 2.41. The molecule has 1 heterocycles.